The van der Waals surface area contributed by atoms with Gasteiger partial charge in [-0.15, -0.1) is 0 Å². The number of aliphatic hydroxyl groups is 1. The van der Waals surface area contributed by atoms with Crippen LogP contribution >= 0.6 is 15.9 Å². The molecule has 0 radical (unpaired) electrons. The summed E-state index contributed by atoms with van der Waals surface area (Å²) in [5.41, 5.74) is 0. The van der Waals surface area contributed by atoms with Crippen LogP contribution in [0, 0.1) is 0 Å². The SMILES string of the molecule is CC(O)CCN(C)C(=O)COc1ccc(Br)cc1. The highest BCUT2D eigenvalue weighted by Gasteiger charge is 2.10. The van der Waals surface area contributed by atoms with Gasteiger partial charge >= 0.3 is 0 Å². The Balaban J connectivity index is 2.34. The number of likely N-dealkylation sites (N-methyl/N-ethyl adjacent to an activating group) is 1. The molecule has 1 rings (SSSR count). The molecule has 0 saturated carbocycles. The monoisotopic (exact) mass is 315 g/mol. The van der Waals surface area contributed by atoms with Crippen molar-refractivity contribution in [1.29, 1.82) is 0 Å². The highest BCUT2D eigenvalue weighted by Crippen LogP contribution is 2.15. The Morgan fingerprint density at radius 3 is 2.61 bits per heavy atom. The molecule has 1 aromatic carbocycles. The van der Waals surface area contributed by atoms with Crippen LogP contribution < -0.4 is 4.74 Å². The lowest BCUT2D eigenvalue weighted by atomic mass is 10.3. The molecule has 1 amide bonds. The zero-order chi connectivity index (χ0) is 13.5. The second-order valence-electron chi connectivity index (χ2n) is 4.20. The van der Waals surface area contributed by atoms with Crippen molar-refractivity contribution in [2.24, 2.45) is 0 Å². The van der Waals surface area contributed by atoms with E-state index in [1.807, 2.05) is 12.1 Å². The summed E-state index contributed by atoms with van der Waals surface area (Å²) >= 11 is 3.33. The Bertz CT molecular complexity index is 378. The fourth-order valence-electron chi connectivity index (χ4n) is 1.29. The summed E-state index contributed by atoms with van der Waals surface area (Å²) in [5.74, 6) is 0.564. The van der Waals surface area contributed by atoms with Crippen LogP contribution in [0.5, 0.6) is 5.75 Å². The van der Waals surface area contributed by atoms with Gasteiger partial charge in [-0.05, 0) is 37.6 Å². The van der Waals surface area contributed by atoms with Gasteiger partial charge in [-0.1, -0.05) is 15.9 Å². The van der Waals surface area contributed by atoms with Gasteiger partial charge in [0.15, 0.2) is 6.61 Å². The van der Waals surface area contributed by atoms with Gasteiger partial charge in [0.05, 0.1) is 6.10 Å². The van der Waals surface area contributed by atoms with Crippen LogP contribution in [0.3, 0.4) is 0 Å². The van der Waals surface area contributed by atoms with Crippen LogP contribution in [0.4, 0.5) is 0 Å². The van der Waals surface area contributed by atoms with Crippen LogP contribution in [0.2, 0.25) is 0 Å². The van der Waals surface area contributed by atoms with E-state index >= 15 is 0 Å². The maximum Gasteiger partial charge on any atom is 0.260 e. The fraction of sp³-hybridized carbons (Fsp3) is 0.462. The molecule has 0 aliphatic carbocycles. The van der Waals surface area contributed by atoms with Crippen molar-refractivity contribution in [3.05, 3.63) is 28.7 Å². The second kappa shape index (κ2) is 7.38. The molecule has 0 spiro atoms. The number of amides is 1. The van der Waals surface area contributed by atoms with E-state index in [1.165, 1.54) is 0 Å². The fourth-order valence-corrected chi connectivity index (χ4v) is 1.56. The number of halogens is 1. The van der Waals surface area contributed by atoms with Gasteiger partial charge in [0, 0.05) is 18.1 Å². The van der Waals surface area contributed by atoms with Crippen molar-refractivity contribution in [1.82, 2.24) is 4.90 Å². The molecular formula is C13H18BrNO3. The molecule has 1 aromatic rings. The van der Waals surface area contributed by atoms with Crippen molar-refractivity contribution in [3.8, 4) is 5.75 Å². The van der Waals surface area contributed by atoms with E-state index in [-0.39, 0.29) is 12.5 Å². The third kappa shape index (κ3) is 5.51. The van der Waals surface area contributed by atoms with Crippen molar-refractivity contribution < 1.29 is 14.6 Å². The number of aliphatic hydroxyl groups excluding tert-OH is 1. The number of rotatable bonds is 6. The van der Waals surface area contributed by atoms with Crippen LogP contribution in [-0.4, -0.2) is 42.2 Å². The molecule has 100 valence electrons. The Labute approximate surface area is 116 Å². The van der Waals surface area contributed by atoms with E-state index < -0.39 is 6.10 Å². The van der Waals surface area contributed by atoms with Gasteiger partial charge < -0.3 is 14.7 Å². The number of carbonyl (C=O) groups is 1. The molecular weight excluding hydrogens is 298 g/mol. The Kier molecular flexibility index (Phi) is 6.15. The second-order valence-corrected chi connectivity index (χ2v) is 5.11. The molecule has 1 unspecified atom stereocenters. The molecule has 0 aromatic heterocycles. The van der Waals surface area contributed by atoms with Crippen molar-refractivity contribution in [2.45, 2.75) is 19.4 Å². The first-order chi connectivity index (χ1) is 8.49. The molecule has 5 heteroatoms. The smallest absolute Gasteiger partial charge is 0.260 e. The summed E-state index contributed by atoms with van der Waals surface area (Å²) < 4.78 is 6.34. The molecule has 1 N–H and O–H groups in total. The van der Waals surface area contributed by atoms with Crippen LogP contribution in [0.25, 0.3) is 0 Å². The van der Waals surface area contributed by atoms with Gasteiger partial charge in [-0.25, -0.2) is 0 Å². The van der Waals surface area contributed by atoms with Gasteiger partial charge in [-0.2, -0.15) is 0 Å². The zero-order valence-electron chi connectivity index (χ0n) is 10.6. The van der Waals surface area contributed by atoms with Crippen LogP contribution in [0.1, 0.15) is 13.3 Å². The summed E-state index contributed by atoms with van der Waals surface area (Å²) in [6, 6.07) is 7.31. The normalized spacial score (nSPS) is 12.0. The summed E-state index contributed by atoms with van der Waals surface area (Å²) in [5, 5.41) is 9.14. The average Bonchev–Trinajstić information content (AvgIpc) is 2.34. The molecule has 0 aliphatic heterocycles. The average molecular weight is 316 g/mol. The predicted molar refractivity (Wildman–Crippen MR) is 73.6 cm³/mol. The Hall–Kier alpha value is -1.07. The number of nitrogens with zero attached hydrogens (tertiary/aromatic N) is 1. The molecule has 0 fully saturated rings. The van der Waals surface area contributed by atoms with E-state index in [2.05, 4.69) is 15.9 Å². The minimum Gasteiger partial charge on any atom is -0.484 e. The number of hydrogen-bond donors (Lipinski definition) is 1. The summed E-state index contributed by atoms with van der Waals surface area (Å²) in [7, 11) is 1.70. The van der Waals surface area contributed by atoms with E-state index in [0.717, 1.165) is 4.47 Å². The molecule has 4 nitrogen and oxygen atoms in total. The summed E-state index contributed by atoms with van der Waals surface area (Å²) in [6.07, 6.45) is 0.174. The first kappa shape index (κ1) is 15.0. The summed E-state index contributed by atoms with van der Waals surface area (Å²) in [6.45, 7) is 2.24. The predicted octanol–water partition coefficient (Wildman–Crippen LogP) is 2.06. The quantitative estimate of drug-likeness (QED) is 0.874. The van der Waals surface area contributed by atoms with Gasteiger partial charge in [0.1, 0.15) is 5.75 Å². The largest absolute Gasteiger partial charge is 0.484 e. The number of hydrogen-bond acceptors (Lipinski definition) is 3. The Morgan fingerprint density at radius 2 is 2.06 bits per heavy atom. The summed E-state index contributed by atoms with van der Waals surface area (Å²) in [4.78, 5) is 13.3. The minimum absolute atomic E-state index is 0.0118. The topological polar surface area (TPSA) is 49.8 Å². The number of benzene rings is 1. The highest BCUT2D eigenvalue weighted by molar-refractivity contribution is 9.10. The van der Waals surface area contributed by atoms with E-state index in [4.69, 9.17) is 9.84 Å². The molecule has 0 bridgehead atoms. The molecule has 0 heterocycles. The van der Waals surface area contributed by atoms with Crippen molar-refractivity contribution in [2.75, 3.05) is 20.2 Å². The third-order valence-corrected chi connectivity index (χ3v) is 3.01. The number of carbonyl (C=O) groups excluding carboxylic acids is 1. The molecule has 0 aliphatic rings. The zero-order valence-corrected chi connectivity index (χ0v) is 12.2. The van der Waals surface area contributed by atoms with Crippen LogP contribution in [0.15, 0.2) is 28.7 Å². The maximum atomic E-state index is 11.7. The third-order valence-electron chi connectivity index (χ3n) is 2.48. The van der Waals surface area contributed by atoms with Gasteiger partial charge in [-0.3, -0.25) is 4.79 Å². The lowest BCUT2D eigenvalue weighted by Gasteiger charge is -2.18. The minimum atomic E-state index is -0.396. The molecule has 1 atom stereocenters. The number of ether oxygens (including phenoxy) is 1. The lowest BCUT2D eigenvalue weighted by Crippen LogP contribution is -2.33. The Morgan fingerprint density at radius 1 is 1.44 bits per heavy atom. The standard InChI is InChI=1S/C13H18BrNO3/c1-10(16)7-8-15(2)13(17)9-18-12-5-3-11(14)4-6-12/h3-6,10,16H,7-9H2,1-2H3. The molecule has 18 heavy (non-hydrogen) atoms. The van der Waals surface area contributed by atoms with Gasteiger partial charge in [0.2, 0.25) is 0 Å². The first-order valence-electron chi connectivity index (χ1n) is 5.79. The maximum absolute atomic E-state index is 11.7. The van der Waals surface area contributed by atoms with E-state index in [1.54, 1.807) is 31.0 Å². The van der Waals surface area contributed by atoms with E-state index in [0.29, 0.717) is 18.7 Å². The van der Waals surface area contributed by atoms with E-state index in [9.17, 15) is 4.79 Å². The lowest BCUT2D eigenvalue weighted by molar-refractivity contribution is -0.132. The molecule has 0 saturated heterocycles. The van der Waals surface area contributed by atoms with Crippen molar-refractivity contribution >= 4 is 21.8 Å². The van der Waals surface area contributed by atoms with Gasteiger partial charge in [0.25, 0.3) is 5.91 Å². The van der Waals surface area contributed by atoms with Crippen molar-refractivity contribution in [3.63, 3.8) is 0 Å². The highest BCUT2D eigenvalue weighted by atomic mass is 79.9. The first-order valence-corrected chi connectivity index (χ1v) is 6.58. The van der Waals surface area contributed by atoms with Crippen LogP contribution in [-0.2, 0) is 4.79 Å².